The van der Waals surface area contributed by atoms with Crippen LogP contribution in [0.4, 0.5) is 13.2 Å². The fraction of sp³-hybridized carbons (Fsp3) is 0.682. The molecule has 29 heavy (non-hydrogen) atoms. The summed E-state index contributed by atoms with van der Waals surface area (Å²) in [6, 6.07) is 3.83. The number of carbonyl (C=O) groups is 1. The molecule has 4 nitrogen and oxygen atoms in total. The van der Waals surface area contributed by atoms with Gasteiger partial charge in [0.25, 0.3) is 0 Å². The van der Waals surface area contributed by atoms with Crippen molar-refractivity contribution in [3.63, 3.8) is 0 Å². The van der Waals surface area contributed by atoms with E-state index in [4.69, 9.17) is 9.47 Å². The molecule has 1 aromatic rings. The lowest BCUT2D eigenvalue weighted by atomic mass is 9.80. The zero-order valence-corrected chi connectivity index (χ0v) is 17.3. The van der Waals surface area contributed by atoms with Crippen LogP contribution < -0.4 is 9.47 Å². The minimum atomic E-state index is -4.17. The summed E-state index contributed by atoms with van der Waals surface area (Å²) in [5.74, 6) is 1.90. The number of piperidine rings is 1. The first-order valence-electron chi connectivity index (χ1n) is 10.3. The van der Waals surface area contributed by atoms with E-state index in [0.29, 0.717) is 29.6 Å². The van der Waals surface area contributed by atoms with Crippen molar-refractivity contribution in [1.29, 1.82) is 0 Å². The van der Waals surface area contributed by atoms with Crippen LogP contribution in [0.25, 0.3) is 0 Å². The third kappa shape index (κ3) is 5.44. The maximum Gasteiger partial charge on any atom is 0.389 e. The second-order valence-corrected chi connectivity index (χ2v) is 8.53. The summed E-state index contributed by atoms with van der Waals surface area (Å²) >= 11 is 0. The number of carbonyl (C=O) groups excluding carboxylic acids is 1. The van der Waals surface area contributed by atoms with Gasteiger partial charge in [0.1, 0.15) is 5.78 Å². The van der Waals surface area contributed by atoms with Gasteiger partial charge in [-0.3, -0.25) is 9.69 Å². The standard InChI is InChI=1S/C22H30F3NO3/c1-14(2)9-16-13-26-7-5-15-10-21(29-8-4-6-22(23,24)25)20(28-3)11-17(15)18(26)12-19(16)27/h10-11,14,16,18H,4-9,12-13H2,1-3H3. The molecule has 0 amide bonds. The van der Waals surface area contributed by atoms with Gasteiger partial charge in [0.2, 0.25) is 0 Å². The SMILES string of the molecule is COc1cc2c(cc1OCCCC(F)(F)F)CCN1CC(CC(C)C)C(=O)CC21. The van der Waals surface area contributed by atoms with E-state index in [1.54, 1.807) is 0 Å². The van der Waals surface area contributed by atoms with Gasteiger partial charge in [0, 0.05) is 37.9 Å². The summed E-state index contributed by atoms with van der Waals surface area (Å²) in [7, 11) is 1.52. The number of ether oxygens (including phenoxy) is 2. The number of alkyl halides is 3. The van der Waals surface area contributed by atoms with Crippen molar-refractivity contribution in [3.8, 4) is 11.5 Å². The lowest BCUT2D eigenvalue weighted by molar-refractivity contribution is -0.136. The first-order valence-corrected chi connectivity index (χ1v) is 10.3. The minimum absolute atomic E-state index is 0.0143. The average Bonchev–Trinajstić information content (AvgIpc) is 2.64. The van der Waals surface area contributed by atoms with Crippen molar-refractivity contribution >= 4 is 5.78 Å². The number of Topliss-reactive ketones (excluding diaryl/α,β-unsaturated/α-hetero) is 1. The zero-order chi connectivity index (χ0) is 21.2. The van der Waals surface area contributed by atoms with Gasteiger partial charge in [0.15, 0.2) is 11.5 Å². The molecule has 0 saturated carbocycles. The predicted octanol–water partition coefficient (Wildman–Crippen LogP) is 4.95. The molecule has 7 heteroatoms. The maximum absolute atomic E-state index is 12.7. The van der Waals surface area contributed by atoms with Crippen molar-refractivity contribution in [2.45, 2.75) is 58.2 Å². The van der Waals surface area contributed by atoms with Crippen LogP contribution >= 0.6 is 0 Å². The van der Waals surface area contributed by atoms with Crippen molar-refractivity contribution in [2.24, 2.45) is 11.8 Å². The highest BCUT2D eigenvalue weighted by atomic mass is 19.4. The van der Waals surface area contributed by atoms with E-state index in [9.17, 15) is 18.0 Å². The molecule has 2 unspecified atom stereocenters. The van der Waals surface area contributed by atoms with Crippen LogP contribution in [-0.2, 0) is 11.2 Å². The molecule has 1 fully saturated rings. The van der Waals surface area contributed by atoms with Crippen molar-refractivity contribution in [2.75, 3.05) is 26.8 Å². The summed E-state index contributed by atoms with van der Waals surface area (Å²) in [4.78, 5) is 15.1. The molecule has 0 aromatic heterocycles. The number of methoxy groups -OCH3 is 1. The Balaban J connectivity index is 1.73. The minimum Gasteiger partial charge on any atom is -0.493 e. The molecule has 0 aliphatic carbocycles. The Hall–Kier alpha value is -1.76. The zero-order valence-electron chi connectivity index (χ0n) is 17.3. The normalized spacial score (nSPS) is 22.4. The molecule has 0 bridgehead atoms. The highest BCUT2D eigenvalue weighted by molar-refractivity contribution is 5.83. The Labute approximate surface area is 170 Å². The molecule has 162 valence electrons. The van der Waals surface area contributed by atoms with Crippen LogP contribution in [-0.4, -0.2) is 43.7 Å². The lowest BCUT2D eigenvalue weighted by Gasteiger charge is -2.43. The molecule has 1 saturated heterocycles. The fourth-order valence-corrected chi connectivity index (χ4v) is 4.46. The van der Waals surface area contributed by atoms with Crippen LogP contribution in [0, 0.1) is 11.8 Å². The van der Waals surface area contributed by atoms with Crippen molar-refractivity contribution in [1.82, 2.24) is 4.90 Å². The molecular weight excluding hydrogens is 383 g/mol. The molecule has 0 radical (unpaired) electrons. The highest BCUT2D eigenvalue weighted by Gasteiger charge is 2.38. The largest absolute Gasteiger partial charge is 0.493 e. The molecule has 0 N–H and O–H groups in total. The third-order valence-electron chi connectivity index (χ3n) is 5.82. The fourth-order valence-electron chi connectivity index (χ4n) is 4.46. The number of nitrogens with zero attached hydrogens (tertiary/aromatic N) is 1. The van der Waals surface area contributed by atoms with Crippen LogP contribution in [0.5, 0.6) is 11.5 Å². The second-order valence-electron chi connectivity index (χ2n) is 8.53. The molecule has 2 aliphatic rings. The summed E-state index contributed by atoms with van der Waals surface area (Å²) in [5, 5.41) is 0. The van der Waals surface area contributed by atoms with E-state index in [0.717, 1.165) is 37.1 Å². The van der Waals surface area contributed by atoms with Gasteiger partial charge in [-0.1, -0.05) is 13.8 Å². The second kappa shape index (κ2) is 8.94. The van der Waals surface area contributed by atoms with Crippen LogP contribution in [0.15, 0.2) is 12.1 Å². The van der Waals surface area contributed by atoms with Crippen LogP contribution in [0.2, 0.25) is 0 Å². The van der Waals surface area contributed by atoms with Gasteiger partial charge in [-0.05, 0) is 48.4 Å². The topological polar surface area (TPSA) is 38.8 Å². The van der Waals surface area contributed by atoms with E-state index in [1.807, 2.05) is 12.1 Å². The van der Waals surface area contributed by atoms with Crippen molar-refractivity contribution < 1.29 is 27.4 Å². The number of hydrogen-bond donors (Lipinski definition) is 0. The van der Waals surface area contributed by atoms with Gasteiger partial charge in [0.05, 0.1) is 13.7 Å². The molecule has 2 heterocycles. The van der Waals surface area contributed by atoms with Gasteiger partial charge in [-0.2, -0.15) is 13.2 Å². The van der Waals surface area contributed by atoms with Gasteiger partial charge in [-0.15, -0.1) is 0 Å². The maximum atomic E-state index is 12.7. The van der Waals surface area contributed by atoms with Gasteiger partial charge < -0.3 is 9.47 Å². The lowest BCUT2D eigenvalue weighted by Crippen LogP contribution is -2.46. The number of fused-ring (bicyclic) bond motifs is 3. The van der Waals surface area contributed by atoms with E-state index in [-0.39, 0.29) is 25.0 Å². The Kier molecular flexibility index (Phi) is 6.76. The average molecular weight is 413 g/mol. The summed E-state index contributed by atoms with van der Waals surface area (Å²) < 4.78 is 48.0. The van der Waals surface area contributed by atoms with Gasteiger partial charge in [-0.25, -0.2) is 0 Å². The first-order chi connectivity index (χ1) is 13.7. The van der Waals surface area contributed by atoms with Crippen LogP contribution in [0.3, 0.4) is 0 Å². The Morgan fingerprint density at radius 1 is 1.24 bits per heavy atom. The van der Waals surface area contributed by atoms with E-state index in [1.165, 1.54) is 7.11 Å². The summed E-state index contributed by atoms with van der Waals surface area (Å²) in [5.41, 5.74) is 2.17. The Bertz CT molecular complexity index is 733. The molecule has 1 aromatic carbocycles. The number of ketones is 1. The third-order valence-corrected chi connectivity index (χ3v) is 5.82. The van der Waals surface area contributed by atoms with E-state index in [2.05, 4.69) is 18.7 Å². The number of halogens is 3. The Morgan fingerprint density at radius 3 is 2.66 bits per heavy atom. The molecular formula is C22H30F3NO3. The van der Waals surface area contributed by atoms with Crippen LogP contribution in [0.1, 0.15) is 56.7 Å². The molecule has 0 spiro atoms. The van der Waals surface area contributed by atoms with E-state index < -0.39 is 12.6 Å². The highest BCUT2D eigenvalue weighted by Crippen LogP contribution is 2.42. The smallest absolute Gasteiger partial charge is 0.389 e. The number of hydrogen-bond acceptors (Lipinski definition) is 4. The van der Waals surface area contributed by atoms with Crippen molar-refractivity contribution in [3.05, 3.63) is 23.3 Å². The summed E-state index contributed by atoms with van der Waals surface area (Å²) in [6.45, 7) is 5.94. The van der Waals surface area contributed by atoms with E-state index >= 15 is 0 Å². The quantitative estimate of drug-likeness (QED) is 0.593. The molecule has 3 rings (SSSR count). The number of rotatable bonds is 7. The number of benzene rings is 1. The molecule has 2 atom stereocenters. The van der Waals surface area contributed by atoms with Gasteiger partial charge >= 0.3 is 6.18 Å². The predicted molar refractivity (Wildman–Crippen MR) is 104 cm³/mol. The first kappa shape index (κ1) is 21.9. The Morgan fingerprint density at radius 2 is 2.00 bits per heavy atom. The monoisotopic (exact) mass is 413 g/mol. The summed E-state index contributed by atoms with van der Waals surface area (Å²) in [6.07, 6.45) is -2.88. The molecule has 2 aliphatic heterocycles.